The van der Waals surface area contributed by atoms with Crippen LogP contribution < -0.4 is 11.4 Å². The third kappa shape index (κ3) is 1.99. The van der Waals surface area contributed by atoms with Gasteiger partial charge in [-0.25, -0.2) is 4.79 Å². The normalized spacial score (nSPS) is 10.9. The van der Waals surface area contributed by atoms with Gasteiger partial charge in [0.25, 0.3) is 0 Å². The molecule has 1 aromatic heterocycles. The molecule has 0 atom stereocenters. The molecule has 3 heteroatoms. The third-order valence-electron chi connectivity index (χ3n) is 2.65. The summed E-state index contributed by atoms with van der Waals surface area (Å²) in [5.41, 5.74) is 8.01. The third-order valence-corrected chi connectivity index (χ3v) is 2.65. The van der Waals surface area contributed by atoms with Crippen molar-refractivity contribution in [3.8, 4) is 0 Å². The summed E-state index contributed by atoms with van der Waals surface area (Å²) in [5.74, 6) is 0. The number of aryl methyl sites for hydroxylation is 1. The number of rotatable bonds is 3. The van der Waals surface area contributed by atoms with Crippen molar-refractivity contribution >= 4 is 11.0 Å². The molecule has 0 aliphatic carbocycles. The first kappa shape index (κ1) is 10.9. The van der Waals surface area contributed by atoms with E-state index in [1.54, 1.807) is 0 Å². The van der Waals surface area contributed by atoms with Gasteiger partial charge in [0, 0.05) is 18.0 Å². The van der Waals surface area contributed by atoms with Gasteiger partial charge in [0.05, 0.1) is 0 Å². The standard InChI is InChI=1S/C13H15NO2/c1-2-3-9-4-5-12-11(6-9)10(8-14)7-13(15)16-12/h4-7H,2-3,8,14H2,1H3. The van der Waals surface area contributed by atoms with Crippen LogP contribution in [0.2, 0.25) is 0 Å². The second-order valence-corrected chi connectivity index (χ2v) is 3.88. The van der Waals surface area contributed by atoms with Crippen molar-refractivity contribution in [1.82, 2.24) is 0 Å². The van der Waals surface area contributed by atoms with E-state index in [-0.39, 0.29) is 5.63 Å². The fourth-order valence-electron chi connectivity index (χ4n) is 1.89. The smallest absolute Gasteiger partial charge is 0.336 e. The van der Waals surface area contributed by atoms with Gasteiger partial charge in [-0.2, -0.15) is 0 Å². The van der Waals surface area contributed by atoms with Crippen molar-refractivity contribution in [2.75, 3.05) is 0 Å². The second-order valence-electron chi connectivity index (χ2n) is 3.88. The first-order chi connectivity index (χ1) is 7.74. The van der Waals surface area contributed by atoms with Gasteiger partial charge in [-0.1, -0.05) is 19.4 Å². The van der Waals surface area contributed by atoms with Gasteiger partial charge in [0.15, 0.2) is 0 Å². The van der Waals surface area contributed by atoms with Crippen LogP contribution in [-0.2, 0) is 13.0 Å². The van der Waals surface area contributed by atoms with Gasteiger partial charge < -0.3 is 10.2 Å². The highest BCUT2D eigenvalue weighted by Crippen LogP contribution is 2.19. The molecule has 1 aromatic carbocycles. The zero-order valence-electron chi connectivity index (χ0n) is 9.32. The van der Waals surface area contributed by atoms with Gasteiger partial charge in [0.1, 0.15) is 5.58 Å². The molecule has 0 bridgehead atoms. The van der Waals surface area contributed by atoms with E-state index in [0.29, 0.717) is 12.1 Å². The van der Waals surface area contributed by atoms with E-state index >= 15 is 0 Å². The lowest BCUT2D eigenvalue weighted by atomic mass is 10.0. The van der Waals surface area contributed by atoms with Gasteiger partial charge in [0.2, 0.25) is 0 Å². The Labute approximate surface area is 93.9 Å². The zero-order chi connectivity index (χ0) is 11.5. The van der Waals surface area contributed by atoms with Crippen molar-refractivity contribution in [2.24, 2.45) is 5.73 Å². The molecular formula is C13H15NO2. The minimum atomic E-state index is -0.337. The van der Waals surface area contributed by atoms with Crippen LogP contribution in [0.4, 0.5) is 0 Å². The molecular weight excluding hydrogens is 202 g/mol. The molecule has 0 unspecified atom stereocenters. The molecule has 3 nitrogen and oxygen atoms in total. The molecule has 2 rings (SSSR count). The monoisotopic (exact) mass is 217 g/mol. The molecule has 0 spiro atoms. The maximum atomic E-state index is 11.3. The number of benzene rings is 1. The van der Waals surface area contributed by atoms with Gasteiger partial charge >= 0.3 is 5.63 Å². The summed E-state index contributed by atoms with van der Waals surface area (Å²) in [4.78, 5) is 11.3. The topological polar surface area (TPSA) is 56.2 Å². The van der Waals surface area contributed by atoms with Crippen LogP contribution in [-0.4, -0.2) is 0 Å². The molecule has 0 saturated heterocycles. The summed E-state index contributed by atoms with van der Waals surface area (Å²) in [6.45, 7) is 2.50. The van der Waals surface area contributed by atoms with Crippen LogP contribution in [0.15, 0.2) is 33.5 Å². The highest BCUT2D eigenvalue weighted by Gasteiger charge is 2.04. The minimum absolute atomic E-state index is 0.337. The number of hydrogen-bond acceptors (Lipinski definition) is 3. The maximum Gasteiger partial charge on any atom is 0.336 e. The van der Waals surface area contributed by atoms with Gasteiger partial charge in [-0.15, -0.1) is 0 Å². The van der Waals surface area contributed by atoms with Crippen LogP contribution in [0, 0.1) is 0 Å². The lowest BCUT2D eigenvalue weighted by Crippen LogP contribution is -2.05. The SMILES string of the molecule is CCCc1ccc2oc(=O)cc(CN)c2c1. The van der Waals surface area contributed by atoms with E-state index in [1.807, 2.05) is 12.1 Å². The molecule has 0 radical (unpaired) electrons. The van der Waals surface area contributed by atoms with Crippen molar-refractivity contribution in [3.63, 3.8) is 0 Å². The van der Waals surface area contributed by atoms with Crippen molar-refractivity contribution in [1.29, 1.82) is 0 Å². The average Bonchev–Trinajstić information content (AvgIpc) is 2.29. The van der Waals surface area contributed by atoms with Crippen molar-refractivity contribution in [3.05, 3.63) is 45.8 Å². The predicted octanol–water partition coefficient (Wildman–Crippen LogP) is 2.20. The summed E-state index contributed by atoms with van der Waals surface area (Å²) in [6, 6.07) is 7.37. The van der Waals surface area contributed by atoms with Crippen LogP contribution >= 0.6 is 0 Å². The summed E-state index contributed by atoms with van der Waals surface area (Å²) in [7, 11) is 0. The van der Waals surface area contributed by atoms with E-state index in [4.69, 9.17) is 10.2 Å². The Morgan fingerprint density at radius 3 is 2.81 bits per heavy atom. The van der Waals surface area contributed by atoms with E-state index in [2.05, 4.69) is 13.0 Å². The van der Waals surface area contributed by atoms with Gasteiger partial charge in [-0.3, -0.25) is 0 Å². The maximum absolute atomic E-state index is 11.3. The average molecular weight is 217 g/mol. The number of nitrogens with two attached hydrogens (primary N) is 1. The van der Waals surface area contributed by atoms with E-state index in [1.165, 1.54) is 11.6 Å². The predicted molar refractivity (Wildman–Crippen MR) is 64.4 cm³/mol. The van der Waals surface area contributed by atoms with Gasteiger partial charge in [-0.05, 0) is 29.7 Å². The molecule has 84 valence electrons. The largest absolute Gasteiger partial charge is 0.423 e. The first-order valence-corrected chi connectivity index (χ1v) is 5.50. The summed E-state index contributed by atoms with van der Waals surface area (Å²) in [5, 5.41) is 0.952. The lowest BCUT2D eigenvalue weighted by Gasteiger charge is -2.05. The van der Waals surface area contributed by atoms with E-state index in [9.17, 15) is 4.79 Å². The highest BCUT2D eigenvalue weighted by molar-refractivity contribution is 5.80. The quantitative estimate of drug-likeness (QED) is 0.802. The Bertz CT molecular complexity index is 557. The zero-order valence-corrected chi connectivity index (χ0v) is 9.32. The Balaban J connectivity index is 2.66. The van der Waals surface area contributed by atoms with Crippen LogP contribution in [0.5, 0.6) is 0 Å². The fraction of sp³-hybridized carbons (Fsp3) is 0.308. The van der Waals surface area contributed by atoms with E-state index in [0.717, 1.165) is 23.8 Å². The Kier molecular flexibility index (Phi) is 3.06. The molecule has 1 heterocycles. The number of hydrogen-bond donors (Lipinski definition) is 1. The number of fused-ring (bicyclic) bond motifs is 1. The second kappa shape index (κ2) is 4.49. The summed E-state index contributed by atoms with van der Waals surface area (Å²) in [6.07, 6.45) is 2.12. The summed E-state index contributed by atoms with van der Waals surface area (Å²) < 4.78 is 5.13. The lowest BCUT2D eigenvalue weighted by molar-refractivity contribution is 0.558. The summed E-state index contributed by atoms with van der Waals surface area (Å²) >= 11 is 0. The van der Waals surface area contributed by atoms with Crippen LogP contribution in [0.25, 0.3) is 11.0 Å². The minimum Gasteiger partial charge on any atom is -0.423 e. The van der Waals surface area contributed by atoms with Crippen LogP contribution in [0.1, 0.15) is 24.5 Å². The fourth-order valence-corrected chi connectivity index (χ4v) is 1.89. The molecule has 2 aromatic rings. The van der Waals surface area contributed by atoms with Crippen molar-refractivity contribution in [2.45, 2.75) is 26.3 Å². The molecule has 0 fully saturated rings. The Morgan fingerprint density at radius 1 is 1.31 bits per heavy atom. The first-order valence-electron chi connectivity index (χ1n) is 5.50. The molecule has 16 heavy (non-hydrogen) atoms. The Morgan fingerprint density at radius 2 is 2.12 bits per heavy atom. The molecule has 0 saturated carbocycles. The Hall–Kier alpha value is -1.61. The van der Waals surface area contributed by atoms with E-state index < -0.39 is 0 Å². The highest BCUT2D eigenvalue weighted by atomic mass is 16.4. The molecule has 0 aliphatic rings. The molecule has 0 aliphatic heterocycles. The molecule has 0 amide bonds. The van der Waals surface area contributed by atoms with Crippen LogP contribution in [0.3, 0.4) is 0 Å². The van der Waals surface area contributed by atoms with Crippen molar-refractivity contribution < 1.29 is 4.42 Å². The molecule has 2 N–H and O–H groups in total.